The summed E-state index contributed by atoms with van der Waals surface area (Å²) in [5.41, 5.74) is 0. The molecule has 58 heavy (non-hydrogen) atoms. The van der Waals surface area contributed by atoms with Gasteiger partial charge in [0.25, 0.3) is 7.82 Å². The Balaban J connectivity index is 4.34. The molecule has 0 aliphatic carbocycles. The van der Waals surface area contributed by atoms with Crippen LogP contribution in [0.25, 0.3) is 0 Å². The third kappa shape index (κ3) is 43.5. The lowest BCUT2D eigenvalue weighted by molar-refractivity contribution is -0.870. The van der Waals surface area contributed by atoms with E-state index in [1.807, 2.05) is 21.1 Å². The molecule has 10 heteroatoms. The van der Waals surface area contributed by atoms with Crippen LogP contribution >= 0.6 is 7.82 Å². The summed E-state index contributed by atoms with van der Waals surface area (Å²) >= 11 is 0. The fourth-order valence-corrected chi connectivity index (χ4v) is 6.87. The van der Waals surface area contributed by atoms with Crippen molar-refractivity contribution < 1.29 is 42.1 Å². The zero-order chi connectivity index (χ0) is 42.8. The van der Waals surface area contributed by atoms with Crippen molar-refractivity contribution in [3.8, 4) is 0 Å². The fourth-order valence-electron chi connectivity index (χ4n) is 6.15. The van der Waals surface area contributed by atoms with E-state index in [0.29, 0.717) is 17.4 Å². The first-order chi connectivity index (χ1) is 28.0. The van der Waals surface area contributed by atoms with Gasteiger partial charge in [0.05, 0.1) is 27.7 Å². The number of phosphoric acid groups is 1. The van der Waals surface area contributed by atoms with Crippen LogP contribution in [-0.4, -0.2) is 70.0 Å². The second-order valence-corrected chi connectivity index (χ2v) is 18.2. The minimum atomic E-state index is -4.63. The Bertz CT molecular complexity index is 1130. The molecule has 0 aliphatic heterocycles. The third-order valence-corrected chi connectivity index (χ3v) is 10.8. The van der Waals surface area contributed by atoms with E-state index in [2.05, 4.69) is 62.5 Å². The van der Waals surface area contributed by atoms with Gasteiger partial charge < -0.3 is 27.9 Å². The van der Waals surface area contributed by atoms with Crippen LogP contribution in [0.2, 0.25) is 0 Å². The van der Waals surface area contributed by atoms with E-state index >= 15 is 0 Å². The summed E-state index contributed by atoms with van der Waals surface area (Å²) in [7, 11) is 1.15. The number of esters is 2. The summed E-state index contributed by atoms with van der Waals surface area (Å²) in [6.07, 6.45) is 47.0. The highest BCUT2D eigenvalue weighted by Gasteiger charge is 2.21. The van der Waals surface area contributed by atoms with Gasteiger partial charge in [0.1, 0.15) is 19.8 Å². The number of allylic oxidation sites excluding steroid dienone is 8. The van der Waals surface area contributed by atoms with E-state index in [-0.39, 0.29) is 26.1 Å². The summed E-state index contributed by atoms with van der Waals surface area (Å²) in [4.78, 5) is 37.6. The number of phosphoric ester groups is 1. The lowest BCUT2D eigenvalue weighted by Crippen LogP contribution is -2.37. The summed E-state index contributed by atoms with van der Waals surface area (Å²) in [6, 6.07) is 0. The van der Waals surface area contributed by atoms with E-state index in [1.54, 1.807) is 0 Å². The maximum atomic E-state index is 12.7. The minimum Gasteiger partial charge on any atom is -0.756 e. The lowest BCUT2D eigenvalue weighted by Gasteiger charge is -2.28. The van der Waals surface area contributed by atoms with Gasteiger partial charge in [-0.05, 0) is 70.6 Å². The highest BCUT2D eigenvalue weighted by atomic mass is 31.2. The third-order valence-electron chi connectivity index (χ3n) is 9.85. The number of rotatable bonds is 42. The Kier molecular flexibility index (Phi) is 39.0. The molecule has 0 spiro atoms. The van der Waals surface area contributed by atoms with Crippen LogP contribution in [0, 0.1) is 0 Å². The summed E-state index contributed by atoms with van der Waals surface area (Å²) in [5, 5.41) is 0. The standard InChI is InChI=1S/C48H88NO8P/c1-6-8-10-12-14-16-18-20-22-23-24-25-27-28-30-32-34-36-38-40-47(50)54-44-46(45-56-58(52,53)55-43-42-49(3,4)5)57-48(51)41-39-37-35-33-31-29-26-21-19-17-15-13-11-9-7-2/h14,16-17,19-22,26,46H,6-13,15,18,23-25,27-45H2,1-5H3/b16-14+,19-17+,22-20+,26-21+/t46-/m1/s1. The molecular weight excluding hydrogens is 750 g/mol. The second kappa shape index (κ2) is 40.4. The van der Waals surface area contributed by atoms with Crippen LogP contribution in [0.4, 0.5) is 0 Å². The first-order valence-electron chi connectivity index (χ1n) is 23.4. The highest BCUT2D eigenvalue weighted by Crippen LogP contribution is 2.38. The molecule has 338 valence electrons. The van der Waals surface area contributed by atoms with Gasteiger partial charge in [-0.15, -0.1) is 0 Å². The molecule has 0 aromatic heterocycles. The zero-order valence-corrected chi connectivity index (χ0v) is 38.9. The van der Waals surface area contributed by atoms with Gasteiger partial charge in [0, 0.05) is 12.8 Å². The molecule has 2 atom stereocenters. The van der Waals surface area contributed by atoms with Gasteiger partial charge in [-0.3, -0.25) is 14.2 Å². The number of carbonyl (C=O) groups excluding carboxylic acids is 2. The molecular formula is C48H88NO8P. The van der Waals surface area contributed by atoms with Gasteiger partial charge in [-0.2, -0.15) is 0 Å². The molecule has 0 bridgehead atoms. The quantitative estimate of drug-likeness (QED) is 0.0149. The smallest absolute Gasteiger partial charge is 0.306 e. The van der Waals surface area contributed by atoms with Crippen molar-refractivity contribution in [1.29, 1.82) is 0 Å². The van der Waals surface area contributed by atoms with Crippen molar-refractivity contribution in [2.45, 2.75) is 200 Å². The van der Waals surface area contributed by atoms with Crippen LogP contribution < -0.4 is 4.89 Å². The highest BCUT2D eigenvalue weighted by molar-refractivity contribution is 7.45. The van der Waals surface area contributed by atoms with E-state index < -0.39 is 32.5 Å². The lowest BCUT2D eigenvalue weighted by atomic mass is 10.1. The summed E-state index contributed by atoms with van der Waals surface area (Å²) in [6.45, 7) is 4.16. The number of carbonyl (C=O) groups is 2. The molecule has 0 N–H and O–H groups in total. The van der Waals surface area contributed by atoms with Crippen molar-refractivity contribution in [2.75, 3.05) is 47.5 Å². The van der Waals surface area contributed by atoms with Gasteiger partial charge in [-0.25, -0.2) is 0 Å². The van der Waals surface area contributed by atoms with Crippen LogP contribution in [0.5, 0.6) is 0 Å². The molecule has 0 aliphatic rings. The number of likely N-dealkylation sites (N-methyl/N-ethyl adjacent to an activating group) is 1. The molecule has 0 radical (unpaired) electrons. The minimum absolute atomic E-state index is 0.0359. The van der Waals surface area contributed by atoms with Crippen molar-refractivity contribution in [2.24, 2.45) is 0 Å². The maximum Gasteiger partial charge on any atom is 0.306 e. The summed E-state index contributed by atoms with van der Waals surface area (Å²) in [5.74, 6) is -0.857. The average Bonchev–Trinajstić information content (AvgIpc) is 3.17. The monoisotopic (exact) mass is 838 g/mol. The number of unbranched alkanes of at least 4 members (excludes halogenated alkanes) is 21. The average molecular weight is 838 g/mol. The van der Waals surface area contributed by atoms with E-state index in [0.717, 1.165) is 77.0 Å². The van der Waals surface area contributed by atoms with Crippen molar-refractivity contribution >= 4 is 19.8 Å². The van der Waals surface area contributed by atoms with Crippen LogP contribution in [-0.2, 0) is 32.7 Å². The van der Waals surface area contributed by atoms with Gasteiger partial charge in [-0.1, -0.05) is 159 Å². The SMILES string of the molecule is CCCCC/C=C/C/C=C/CCCCCCCCCCCC(=O)OC[C@H](COP(=O)([O-])OCC[N+](C)(C)C)OC(=O)CCCCCCC/C=C/C=C/CCCCCC. The number of ether oxygens (including phenoxy) is 2. The van der Waals surface area contributed by atoms with Gasteiger partial charge >= 0.3 is 11.9 Å². The molecule has 0 heterocycles. The first kappa shape index (κ1) is 56.0. The number of nitrogens with zero attached hydrogens (tertiary/aromatic N) is 1. The topological polar surface area (TPSA) is 111 Å². The molecule has 0 aromatic rings. The van der Waals surface area contributed by atoms with Crippen LogP contribution in [0.1, 0.15) is 194 Å². The molecule has 0 fully saturated rings. The Morgan fingerprint density at radius 2 is 0.983 bits per heavy atom. The largest absolute Gasteiger partial charge is 0.756 e. The Labute approximate surface area is 356 Å². The molecule has 0 saturated heterocycles. The predicted octanol–water partition coefficient (Wildman–Crippen LogP) is 12.8. The van der Waals surface area contributed by atoms with Gasteiger partial charge in [0.2, 0.25) is 0 Å². The van der Waals surface area contributed by atoms with Crippen LogP contribution in [0.15, 0.2) is 48.6 Å². The van der Waals surface area contributed by atoms with Crippen LogP contribution in [0.3, 0.4) is 0 Å². The van der Waals surface area contributed by atoms with Crippen molar-refractivity contribution in [3.63, 3.8) is 0 Å². The molecule has 0 aromatic carbocycles. The Hall–Kier alpha value is -2.03. The van der Waals surface area contributed by atoms with Crippen molar-refractivity contribution in [1.82, 2.24) is 0 Å². The Morgan fingerprint density at radius 3 is 1.50 bits per heavy atom. The van der Waals surface area contributed by atoms with Crippen molar-refractivity contribution in [3.05, 3.63) is 48.6 Å². The number of hydrogen-bond donors (Lipinski definition) is 0. The number of quaternary nitrogens is 1. The fraction of sp³-hybridized carbons (Fsp3) is 0.792. The van der Waals surface area contributed by atoms with E-state index in [9.17, 15) is 19.0 Å². The molecule has 0 amide bonds. The summed E-state index contributed by atoms with van der Waals surface area (Å²) < 4.78 is 33.9. The molecule has 0 saturated carbocycles. The zero-order valence-electron chi connectivity index (χ0n) is 38.0. The Morgan fingerprint density at radius 1 is 0.552 bits per heavy atom. The van der Waals surface area contributed by atoms with E-state index in [4.69, 9.17) is 18.5 Å². The second-order valence-electron chi connectivity index (χ2n) is 16.8. The molecule has 9 nitrogen and oxygen atoms in total. The first-order valence-corrected chi connectivity index (χ1v) is 24.8. The molecule has 0 rings (SSSR count). The molecule has 1 unspecified atom stereocenters. The normalized spacial score (nSPS) is 14.0. The predicted molar refractivity (Wildman–Crippen MR) is 240 cm³/mol. The maximum absolute atomic E-state index is 12.7. The van der Waals surface area contributed by atoms with Gasteiger partial charge in [0.15, 0.2) is 6.10 Å². The number of hydrogen-bond acceptors (Lipinski definition) is 8. The van der Waals surface area contributed by atoms with E-state index in [1.165, 1.54) is 83.5 Å².